The molecule has 0 aromatic heterocycles. The minimum atomic E-state index is -0.451. The minimum absolute atomic E-state index is 0.0848. The van der Waals surface area contributed by atoms with E-state index in [1.165, 1.54) is 5.56 Å². The van der Waals surface area contributed by atoms with Gasteiger partial charge in [-0.1, -0.05) is 26.0 Å². The predicted octanol–water partition coefficient (Wildman–Crippen LogP) is 2.77. The van der Waals surface area contributed by atoms with E-state index in [1.807, 2.05) is 30.0 Å². The first-order valence-corrected chi connectivity index (χ1v) is 8.76. The smallest absolute Gasteiger partial charge is 0.263 e. The summed E-state index contributed by atoms with van der Waals surface area (Å²) >= 11 is 0. The standard InChI is InChI=1S/C19H28N2O2/c1-12(2)14-5-4-6-16(9-14)23-13(3)19(22)21-10-15-7-8-18(20)17(15)11-21/h4-6,9,12-13,15,17-18H,7-8,10-11,20H2,1-3H3. The van der Waals surface area contributed by atoms with Crippen molar-refractivity contribution in [1.29, 1.82) is 0 Å². The van der Waals surface area contributed by atoms with Crippen molar-refractivity contribution < 1.29 is 9.53 Å². The van der Waals surface area contributed by atoms with Crippen molar-refractivity contribution in [1.82, 2.24) is 4.90 Å². The van der Waals surface area contributed by atoms with Crippen molar-refractivity contribution in [2.24, 2.45) is 17.6 Å². The number of ether oxygens (including phenoxy) is 1. The average Bonchev–Trinajstić information content (AvgIpc) is 3.09. The fourth-order valence-electron chi connectivity index (χ4n) is 3.95. The zero-order valence-electron chi connectivity index (χ0n) is 14.4. The second kappa shape index (κ2) is 6.52. The lowest BCUT2D eigenvalue weighted by Gasteiger charge is -2.23. The molecule has 0 spiro atoms. The highest BCUT2D eigenvalue weighted by atomic mass is 16.5. The van der Waals surface area contributed by atoms with E-state index in [0.29, 0.717) is 17.8 Å². The molecule has 1 aliphatic heterocycles. The van der Waals surface area contributed by atoms with E-state index in [4.69, 9.17) is 10.5 Å². The molecule has 1 aliphatic carbocycles. The maximum Gasteiger partial charge on any atom is 0.263 e. The molecule has 2 fully saturated rings. The lowest BCUT2D eigenvalue weighted by atomic mass is 9.98. The molecule has 2 N–H and O–H groups in total. The number of likely N-dealkylation sites (tertiary alicyclic amines) is 1. The minimum Gasteiger partial charge on any atom is -0.481 e. The van der Waals surface area contributed by atoms with Crippen LogP contribution in [0.15, 0.2) is 24.3 Å². The molecule has 0 radical (unpaired) electrons. The number of hydrogen-bond donors (Lipinski definition) is 1. The van der Waals surface area contributed by atoms with Crippen molar-refractivity contribution in [3.05, 3.63) is 29.8 Å². The van der Waals surface area contributed by atoms with Crippen LogP contribution in [0.1, 0.15) is 45.1 Å². The van der Waals surface area contributed by atoms with Crippen molar-refractivity contribution in [3.8, 4) is 5.75 Å². The van der Waals surface area contributed by atoms with Crippen LogP contribution in [0.4, 0.5) is 0 Å². The van der Waals surface area contributed by atoms with Gasteiger partial charge in [0.15, 0.2) is 6.10 Å². The van der Waals surface area contributed by atoms with Gasteiger partial charge in [0.1, 0.15) is 5.75 Å². The van der Waals surface area contributed by atoms with Gasteiger partial charge in [-0.3, -0.25) is 4.79 Å². The molecular weight excluding hydrogens is 288 g/mol. The van der Waals surface area contributed by atoms with Crippen LogP contribution in [-0.4, -0.2) is 36.0 Å². The molecule has 4 heteroatoms. The van der Waals surface area contributed by atoms with E-state index in [0.717, 1.165) is 31.7 Å². The van der Waals surface area contributed by atoms with Crippen molar-refractivity contribution in [2.45, 2.75) is 51.7 Å². The Morgan fingerprint density at radius 2 is 2.04 bits per heavy atom. The molecule has 126 valence electrons. The van der Waals surface area contributed by atoms with Gasteiger partial charge in [-0.05, 0) is 55.2 Å². The van der Waals surface area contributed by atoms with Crippen LogP contribution in [-0.2, 0) is 4.79 Å². The predicted molar refractivity (Wildman–Crippen MR) is 91.4 cm³/mol. The van der Waals surface area contributed by atoms with E-state index in [9.17, 15) is 4.79 Å². The molecule has 1 saturated carbocycles. The second-order valence-electron chi connectivity index (χ2n) is 7.40. The first-order valence-electron chi connectivity index (χ1n) is 8.76. The number of amides is 1. The third-order valence-electron chi connectivity index (χ3n) is 5.41. The van der Waals surface area contributed by atoms with Gasteiger partial charge >= 0.3 is 0 Å². The van der Waals surface area contributed by atoms with E-state index in [1.54, 1.807) is 0 Å². The molecule has 3 rings (SSSR count). The molecule has 23 heavy (non-hydrogen) atoms. The van der Waals surface area contributed by atoms with Crippen LogP contribution in [0.3, 0.4) is 0 Å². The van der Waals surface area contributed by atoms with E-state index >= 15 is 0 Å². The van der Waals surface area contributed by atoms with Crippen LogP contribution in [0.2, 0.25) is 0 Å². The molecular formula is C19H28N2O2. The highest BCUT2D eigenvalue weighted by Gasteiger charge is 2.43. The maximum absolute atomic E-state index is 12.7. The molecule has 1 amide bonds. The SMILES string of the molecule is CC(Oc1cccc(C(C)C)c1)C(=O)N1CC2CCC(N)C2C1. The van der Waals surface area contributed by atoms with E-state index < -0.39 is 6.10 Å². The summed E-state index contributed by atoms with van der Waals surface area (Å²) in [6.07, 6.45) is 1.81. The summed E-state index contributed by atoms with van der Waals surface area (Å²) in [4.78, 5) is 14.6. The number of hydrogen-bond acceptors (Lipinski definition) is 3. The summed E-state index contributed by atoms with van der Waals surface area (Å²) in [5.41, 5.74) is 7.38. The number of carbonyl (C=O) groups excluding carboxylic acids is 1. The third kappa shape index (κ3) is 3.37. The quantitative estimate of drug-likeness (QED) is 0.929. The van der Waals surface area contributed by atoms with Gasteiger partial charge < -0.3 is 15.4 Å². The molecule has 4 unspecified atom stereocenters. The maximum atomic E-state index is 12.7. The first kappa shape index (κ1) is 16.3. The van der Waals surface area contributed by atoms with Gasteiger partial charge in [0.2, 0.25) is 0 Å². The monoisotopic (exact) mass is 316 g/mol. The zero-order valence-corrected chi connectivity index (χ0v) is 14.4. The van der Waals surface area contributed by atoms with Gasteiger partial charge in [0, 0.05) is 19.1 Å². The Balaban J connectivity index is 1.61. The molecule has 1 aromatic rings. The molecule has 1 saturated heterocycles. The second-order valence-corrected chi connectivity index (χ2v) is 7.40. The Morgan fingerprint density at radius 3 is 2.74 bits per heavy atom. The fourth-order valence-corrected chi connectivity index (χ4v) is 3.95. The lowest BCUT2D eigenvalue weighted by Crippen LogP contribution is -2.40. The van der Waals surface area contributed by atoms with Gasteiger partial charge in [0.25, 0.3) is 5.91 Å². The molecule has 1 heterocycles. The lowest BCUT2D eigenvalue weighted by molar-refractivity contribution is -0.137. The summed E-state index contributed by atoms with van der Waals surface area (Å²) in [5, 5.41) is 0. The van der Waals surface area contributed by atoms with E-state index in [2.05, 4.69) is 19.9 Å². The van der Waals surface area contributed by atoms with Crippen LogP contribution in [0.25, 0.3) is 0 Å². The van der Waals surface area contributed by atoms with Crippen LogP contribution in [0.5, 0.6) is 5.75 Å². The highest BCUT2D eigenvalue weighted by Crippen LogP contribution is 2.37. The fraction of sp³-hybridized carbons (Fsp3) is 0.632. The van der Waals surface area contributed by atoms with E-state index in [-0.39, 0.29) is 11.9 Å². The van der Waals surface area contributed by atoms with Gasteiger partial charge in [-0.15, -0.1) is 0 Å². The Labute approximate surface area is 139 Å². The van der Waals surface area contributed by atoms with Crippen LogP contribution < -0.4 is 10.5 Å². The average molecular weight is 316 g/mol. The van der Waals surface area contributed by atoms with Crippen molar-refractivity contribution in [2.75, 3.05) is 13.1 Å². The summed E-state index contributed by atoms with van der Waals surface area (Å²) < 4.78 is 5.91. The molecule has 1 aromatic carbocycles. The van der Waals surface area contributed by atoms with Crippen LogP contribution >= 0.6 is 0 Å². The number of fused-ring (bicyclic) bond motifs is 1. The number of benzene rings is 1. The van der Waals surface area contributed by atoms with Gasteiger partial charge in [0.05, 0.1) is 0 Å². The summed E-state index contributed by atoms with van der Waals surface area (Å²) in [6, 6.07) is 8.29. The Morgan fingerprint density at radius 1 is 1.26 bits per heavy atom. The Hall–Kier alpha value is -1.55. The number of nitrogens with two attached hydrogens (primary N) is 1. The summed E-state index contributed by atoms with van der Waals surface area (Å²) in [7, 11) is 0. The van der Waals surface area contributed by atoms with Crippen molar-refractivity contribution >= 4 is 5.91 Å². The third-order valence-corrected chi connectivity index (χ3v) is 5.41. The van der Waals surface area contributed by atoms with Gasteiger partial charge in [-0.2, -0.15) is 0 Å². The molecule has 4 atom stereocenters. The molecule has 0 bridgehead atoms. The van der Waals surface area contributed by atoms with Gasteiger partial charge in [-0.25, -0.2) is 0 Å². The Kier molecular flexibility index (Phi) is 4.62. The van der Waals surface area contributed by atoms with Crippen LogP contribution in [0, 0.1) is 11.8 Å². The summed E-state index contributed by atoms with van der Waals surface area (Å²) in [6.45, 7) is 7.79. The summed E-state index contributed by atoms with van der Waals surface area (Å²) in [5.74, 6) is 2.37. The number of rotatable bonds is 4. The number of nitrogens with zero attached hydrogens (tertiary/aromatic N) is 1. The first-order chi connectivity index (χ1) is 11.0. The molecule has 2 aliphatic rings. The highest BCUT2D eigenvalue weighted by molar-refractivity contribution is 5.81. The topological polar surface area (TPSA) is 55.6 Å². The van der Waals surface area contributed by atoms with Crippen molar-refractivity contribution in [3.63, 3.8) is 0 Å². The largest absolute Gasteiger partial charge is 0.481 e. The Bertz CT molecular complexity index is 572. The number of carbonyl (C=O) groups is 1. The molecule has 4 nitrogen and oxygen atoms in total. The zero-order chi connectivity index (χ0) is 16.6. The normalized spacial score (nSPS) is 28.0.